The van der Waals surface area contributed by atoms with Gasteiger partial charge >= 0.3 is 0 Å². The van der Waals surface area contributed by atoms with E-state index in [1.54, 1.807) is 0 Å². The summed E-state index contributed by atoms with van der Waals surface area (Å²) in [4.78, 5) is 2.48. The second-order valence-corrected chi connectivity index (χ2v) is 5.99. The SMILES string of the molecule is CCCCCCCCCCCN1C=CC=C(C)C1C.Cl. The molecule has 1 unspecified atom stereocenters. The lowest BCUT2D eigenvalue weighted by Crippen LogP contribution is -2.31. The predicted octanol–water partition coefficient (Wildman–Crippen LogP) is 6.10. The first kappa shape index (κ1) is 19.6. The van der Waals surface area contributed by atoms with E-state index in [9.17, 15) is 0 Å². The Hall–Kier alpha value is -0.430. The van der Waals surface area contributed by atoms with E-state index < -0.39 is 0 Å². The molecule has 0 saturated heterocycles. The zero-order chi connectivity index (χ0) is 13.9. The number of hydrogen-bond acceptors (Lipinski definition) is 1. The van der Waals surface area contributed by atoms with Crippen LogP contribution in [0.5, 0.6) is 0 Å². The fourth-order valence-corrected chi connectivity index (χ4v) is 2.71. The minimum Gasteiger partial charge on any atom is -0.371 e. The molecule has 0 aliphatic carbocycles. The molecule has 1 heterocycles. The van der Waals surface area contributed by atoms with Gasteiger partial charge in [0.05, 0.1) is 0 Å². The monoisotopic (exact) mass is 299 g/mol. The topological polar surface area (TPSA) is 3.24 Å². The number of hydrogen-bond donors (Lipinski definition) is 0. The lowest BCUT2D eigenvalue weighted by atomic mass is 10.0. The van der Waals surface area contributed by atoms with Gasteiger partial charge in [-0.1, -0.05) is 69.9 Å². The van der Waals surface area contributed by atoms with Gasteiger partial charge in [-0.25, -0.2) is 0 Å². The Bertz CT molecular complexity index is 283. The van der Waals surface area contributed by atoms with Crippen molar-refractivity contribution >= 4 is 12.4 Å². The Morgan fingerprint density at radius 1 is 0.950 bits per heavy atom. The molecule has 118 valence electrons. The zero-order valence-electron chi connectivity index (χ0n) is 13.7. The summed E-state index contributed by atoms with van der Waals surface area (Å²) in [6, 6.07) is 0.596. The molecule has 1 atom stereocenters. The summed E-state index contributed by atoms with van der Waals surface area (Å²) < 4.78 is 0. The molecule has 20 heavy (non-hydrogen) atoms. The normalized spacial score (nSPS) is 17.9. The molecule has 1 aliphatic rings. The maximum absolute atomic E-state index is 2.48. The Morgan fingerprint density at radius 2 is 1.50 bits per heavy atom. The van der Waals surface area contributed by atoms with E-state index in [-0.39, 0.29) is 12.4 Å². The van der Waals surface area contributed by atoms with Crippen molar-refractivity contribution in [3.63, 3.8) is 0 Å². The van der Waals surface area contributed by atoms with Crippen LogP contribution >= 0.6 is 12.4 Å². The molecular weight excluding hydrogens is 266 g/mol. The fraction of sp³-hybridized carbons (Fsp3) is 0.778. The number of unbranched alkanes of at least 4 members (excludes halogenated alkanes) is 8. The first-order chi connectivity index (χ1) is 9.25. The second-order valence-electron chi connectivity index (χ2n) is 5.99. The Balaban J connectivity index is 0.00000361. The van der Waals surface area contributed by atoms with Gasteiger partial charge < -0.3 is 4.90 Å². The van der Waals surface area contributed by atoms with Crippen molar-refractivity contribution in [2.75, 3.05) is 6.54 Å². The van der Waals surface area contributed by atoms with E-state index in [4.69, 9.17) is 0 Å². The highest BCUT2D eigenvalue weighted by Gasteiger charge is 2.13. The van der Waals surface area contributed by atoms with E-state index in [1.165, 1.54) is 69.9 Å². The Kier molecular flexibility index (Phi) is 12.1. The summed E-state index contributed by atoms with van der Waals surface area (Å²) in [6.45, 7) is 8.05. The van der Waals surface area contributed by atoms with Gasteiger partial charge in [0.2, 0.25) is 0 Å². The van der Waals surface area contributed by atoms with Crippen molar-refractivity contribution < 1.29 is 0 Å². The third-order valence-electron chi connectivity index (χ3n) is 4.31. The van der Waals surface area contributed by atoms with Crippen LogP contribution in [0.15, 0.2) is 23.9 Å². The number of nitrogens with zero attached hydrogens (tertiary/aromatic N) is 1. The Morgan fingerprint density at radius 3 is 2.10 bits per heavy atom. The smallest absolute Gasteiger partial charge is 0.0468 e. The molecule has 0 radical (unpaired) electrons. The summed E-state index contributed by atoms with van der Waals surface area (Å²) in [5.74, 6) is 0. The molecule has 0 aromatic heterocycles. The van der Waals surface area contributed by atoms with Gasteiger partial charge in [0, 0.05) is 12.6 Å². The average molecular weight is 300 g/mol. The summed E-state index contributed by atoms with van der Waals surface area (Å²) in [6.07, 6.45) is 19.4. The third kappa shape index (κ3) is 7.99. The predicted molar refractivity (Wildman–Crippen MR) is 93.5 cm³/mol. The van der Waals surface area contributed by atoms with Gasteiger partial charge in [-0.15, -0.1) is 12.4 Å². The van der Waals surface area contributed by atoms with Gasteiger partial charge in [-0.2, -0.15) is 0 Å². The largest absolute Gasteiger partial charge is 0.371 e. The third-order valence-corrected chi connectivity index (χ3v) is 4.31. The first-order valence-electron chi connectivity index (χ1n) is 8.36. The zero-order valence-corrected chi connectivity index (χ0v) is 14.6. The molecule has 1 aliphatic heterocycles. The molecule has 0 amide bonds. The number of halogens is 1. The van der Waals surface area contributed by atoms with Crippen LogP contribution in [0.25, 0.3) is 0 Å². The minimum atomic E-state index is 0. The summed E-state index contributed by atoms with van der Waals surface area (Å²) in [5.41, 5.74) is 1.48. The Labute approximate surface area is 132 Å². The van der Waals surface area contributed by atoms with Crippen LogP contribution in [0.3, 0.4) is 0 Å². The van der Waals surface area contributed by atoms with Crippen molar-refractivity contribution in [3.8, 4) is 0 Å². The van der Waals surface area contributed by atoms with Crippen LogP contribution in [0.2, 0.25) is 0 Å². The molecule has 0 aromatic carbocycles. The minimum absolute atomic E-state index is 0. The standard InChI is InChI=1S/C18H33N.ClH/c1-4-5-6-7-8-9-10-11-12-15-19-16-13-14-17(2)18(19)3;/h13-14,16,18H,4-12,15H2,1-3H3;1H. The van der Waals surface area contributed by atoms with E-state index in [0.717, 1.165) is 0 Å². The van der Waals surface area contributed by atoms with E-state index in [0.29, 0.717) is 6.04 Å². The van der Waals surface area contributed by atoms with E-state index in [1.807, 2.05) is 0 Å². The summed E-state index contributed by atoms with van der Waals surface area (Å²) in [7, 11) is 0. The van der Waals surface area contributed by atoms with Gasteiger partial charge in [-0.3, -0.25) is 0 Å². The molecule has 0 spiro atoms. The van der Waals surface area contributed by atoms with Gasteiger partial charge in [0.15, 0.2) is 0 Å². The van der Waals surface area contributed by atoms with Crippen LogP contribution < -0.4 is 0 Å². The molecule has 1 nitrogen and oxygen atoms in total. The molecule has 2 heteroatoms. The van der Waals surface area contributed by atoms with Crippen molar-refractivity contribution in [2.45, 2.75) is 84.6 Å². The van der Waals surface area contributed by atoms with Crippen molar-refractivity contribution in [1.29, 1.82) is 0 Å². The quantitative estimate of drug-likeness (QED) is 0.440. The molecule has 0 aromatic rings. The molecule has 0 bridgehead atoms. The average Bonchev–Trinajstić information content (AvgIpc) is 2.41. The molecular formula is C18H34ClN. The highest BCUT2D eigenvalue weighted by atomic mass is 35.5. The fourth-order valence-electron chi connectivity index (χ4n) is 2.71. The van der Waals surface area contributed by atoms with Crippen molar-refractivity contribution in [3.05, 3.63) is 23.9 Å². The molecule has 0 N–H and O–H groups in total. The van der Waals surface area contributed by atoms with E-state index >= 15 is 0 Å². The van der Waals surface area contributed by atoms with Gasteiger partial charge in [0.25, 0.3) is 0 Å². The first-order valence-corrected chi connectivity index (χ1v) is 8.36. The number of allylic oxidation sites excluding steroid dienone is 2. The molecule has 0 saturated carbocycles. The lowest BCUT2D eigenvalue weighted by molar-refractivity contribution is 0.311. The highest BCUT2D eigenvalue weighted by molar-refractivity contribution is 5.85. The maximum atomic E-state index is 2.48. The maximum Gasteiger partial charge on any atom is 0.0468 e. The second kappa shape index (κ2) is 12.3. The van der Waals surface area contributed by atoms with Crippen LogP contribution in [0.4, 0.5) is 0 Å². The van der Waals surface area contributed by atoms with Crippen molar-refractivity contribution in [1.82, 2.24) is 4.90 Å². The van der Waals surface area contributed by atoms with Gasteiger partial charge in [-0.05, 0) is 32.5 Å². The summed E-state index contributed by atoms with van der Waals surface area (Å²) in [5, 5.41) is 0. The molecule has 0 fully saturated rings. The van der Waals surface area contributed by atoms with Crippen LogP contribution in [-0.2, 0) is 0 Å². The van der Waals surface area contributed by atoms with Crippen molar-refractivity contribution in [2.24, 2.45) is 0 Å². The van der Waals surface area contributed by atoms with E-state index in [2.05, 4.69) is 44.0 Å². The highest BCUT2D eigenvalue weighted by Crippen LogP contribution is 2.17. The summed E-state index contributed by atoms with van der Waals surface area (Å²) >= 11 is 0. The van der Waals surface area contributed by atoms with Crippen LogP contribution in [-0.4, -0.2) is 17.5 Å². The van der Waals surface area contributed by atoms with Crippen LogP contribution in [0, 0.1) is 0 Å². The van der Waals surface area contributed by atoms with Gasteiger partial charge in [0.1, 0.15) is 0 Å². The van der Waals surface area contributed by atoms with Crippen LogP contribution in [0.1, 0.15) is 78.6 Å². The lowest BCUT2D eigenvalue weighted by Gasteiger charge is -2.30. The number of rotatable bonds is 10. The molecule has 1 rings (SSSR count).